The van der Waals surface area contributed by atoms with Crippen LogP contribution in [0, 0.1) is 5.41 Å². The van der Waals surface area contributed by atoms with Crippen molar-refractivity contribution in [3.63, 3.8) is 0 Å². The Morgan fingerprint density at radius 1 is 1.42 bits per heavy atom. The molecule has 8 heteroatoms. The lowest BCUT2D eigenvalue weighted by Crippen LogP contribution is -2.48. The molecule has 0 unspecified atom stereocenters. The van der Waals surface area contributed by atoms with Gasteiger partial charge in [0.25, 0.3) is 0 Å². The predicted molar refractivity (Wildman–Crippen MR) is 89.6 cm³/mol. The summed E-state index contributed by atoms with van der Waals surface area (Å²) >= 11 is 0. The van der Waals surface area contributed by atoms with Crippen LogP contribution >= 0.6 is 0 Å². The Hall–Kier alpha value is -2.19. The van der Waals surface area contributed by atoms with E-state index < -0.39 is 5.41 Å². The van der Waals surface area contributed by atoms with Crippen molar-refractivity contribution in [2.24, 2.45) is 11.1 Å². The molecule has 8 nitrogen and oxygen atoms in total. The predicted octanol–water partition coefficient (Wildman–Crippen LogP) is -0.288. The SMILES string of the molecule is NCC1(C(=O)Nc2ccc(N3CCNC(=O)C3)nc2)CCOCC1. The molecule has 130 valence electrons. The van der Waals surface area contributed by atoms with Crippen molar-refractivity contribution in [3.05, 3.63) is 18.3 Å². The van der Waals surface area contributed by atoms with Gasteiger partial charge in [-0.25, -0.2) is 4.98 Å². The molecule has 1 aromatic heterocycles. The van der Waals surface area contributed by atoms with E-state index in [9.17, 15) is 9.59 Å². The quantitative estimate of drug-likeness (QED) is 0.699. The maximum absolute atomic E-state index is 12.6. The van der Waals surface area contributed by atoms with Crippen molar-refractivity contribution in [1.82, 2.24) is 10.3 Å². The molecule has 0 aromatic carbocycles. The van der Waals surface area contributed by atoms with E-state index in [-0.39, 0.29) is 11.8 Å². The van der Waals surface area contributed by atoms with Crippen molar-refractivity contribution >= 4 is 23.3 Å². The molecule has 0 saturated carbocycles. The highest BCUT2D eigenvalue weighted by Crippen LogP contribution is 2.31. The lowest BCUT2D eigenvalue weighted by molar-refractivity contribution is -0.130. The van der Waals surface area contributed by atoms with E-state index in [0.29, 0.717) is 51.4 Å². The molecule has 3 rings (SSSR count). The minimum Gasteiger partial charge on any atom is -0.381 e. The van der Waals surface area contributed by atoms with E-state index in [0.717, 1.165) is 12.4 Å². The Morgan fingerprint density at radius 2 is 2.21 bits per heavy atom. The Kier molecular flexibility index (Phi) is 4.96. The zero-order valence-corrected chi connectivity index (χ0v) is 13.6. The number of ether oxygens (including phenoxy) is 1. The van der Waals surface area contributed by atoms with Crippen molar-refractivity contribution in [1.29, 1.82) is 0 Å². The number of carbonyl (C=O) groups is 2. The van der Waals surface area contributed by atoms with Gasteiger partial charge >= 0.3 is 0 Å². The van der Waals surface area contributed by atoms with Gasteiger partial charge in [0, 0.05) is 32.8 Å². The molecule has 0 atom stereocenters. The number of rotatable bonds is 4. The second kappa shape index (κ2) is 7.14. The third-order valence-electron chi connectivity index (χ3n) is 4.69. The molecule has 3 heterocycles. The van der Waals surface area contributed by atoms with Crippen LogP contribution < -0.4 is 21.3 Å². The average molecular weight is 333 g/mol. The Balaban J connectivity index is 1.65. The largest absolute Gasteiger partial charge is 0.381 e. The third-order valence-corrected chi connectivity index (χ3v) is 4.69. The highest BCUT2D eigenvalue weighted by molar-refractivity contribution is 5.95. The summed E-state index contributed by atoms with van der Waals surface area (Å²) in [7, 11) is 0. The van der Waals surface area contributed by atoms with Crippen LogP contribution in [-0.2, 0) is 14.3 Å². The molecule has 2 saturated heterocycles. The fourth-order valence-electron chi connectivity index (χ4n) is 3.03. The normalized spacial score (nSPS) is 20.4. The van der Waals surface area contributed by atoms with Gasteiger partial charge in [0.05, 0.1) is 23.8 Å². The van der Waals surface area contributed by atoms with Gasteiger partial charge in [0.1, 0.15) is 5.82 Å². The number of hydrogen-bond acceptors (Lipinski definition) is 6. The van der Waals surface area contributed by atoms with Gasteiger partial charge in [0.2, 0.25) is 11.8 Å². The van der Waals surface area contributed by atoms with Crippen LogP contribution in [0.1, 0.15) is 12.8 Å². The maximum atomic E-state index is 12.6. The molecule has 1 aromatic rings. The first-order valence-corrected chi connectivity index (χ1v) is 8.20. The molecule has 24 heavy (non-hydrogen) atoms. The first-order chi connectivity index (χ1) is 11.6. The summed E-state index contributed by atoms with van der Waals surface area (Å²) in [6, 6.07) is 3.61. The number of nitrogens with two attached hydrogens (primary N) is 1. The van der Waals surface area contributed by atoms with Crippen LogP contribution in [0.4, 0.5) is 11.5 Å². The molecule has 0 bridgehead atoms. The third kappa shape index (κ3) is 3.49. The van der Waals surface area contributed by atoms with Crippen molar-refractivity contribution < 1.29 is 14.3 Å². The molecule has 0 radical (unpaired) electrons. The molecule has 4 N–H and O–H groups in total. The van der Waals surface area contributed by atoms with E-state index >= 15 is 0 Å². The van der Waals surface area contributed by atoms with Crippen molar-refractivity contribution in [2.45, 2.75) is 12.8 Å². The smallest absolute Gasteiger partial charge is 0.239 e. The topological polar surface area (TPSA) is 110 Å². The van der Waals surface area contributed by atoms with E-state index in [1.165, 1.54) is 0 Å². The number of pyridine rings is 1. The number of aromatic nitrogens is 1. The molecule has 0 aliphatic carbocycles. The van der Waals surface area contributed by atoms with Crippen molar-refractivity contribution in [3.8, 4) is 0 Å². The van der Waals surface area contributed by atoms with Crippen LogP contribution in [0.25, 0.3) is 0 Å². The van der Waals surface area contributed by atoms with Crippen LogP contribution in [0.5, 0.6) is 0 Å². The number of amides is 2. The summed E-state index contributed by atoms with van der Waals surface area (Å²) in [5, 5.41) is 5.69. The average Bonchev–Trinajstić information content (AvgIpc) is 2.63. The van der Waals surface area contributed by atoms with E-state index in [1.54, 1.807) is 12.3 Å². The first kappa shape index (κ1) is 16.7. The number of piperazine rings is 1. The van der Waals surface area contributed by atoms with Gasteiger partial charge in [-0.15, -0.1) is 0 Å². The molecule has 0 spiro atoms. The number of nitrogens with one attached hydrogen (secondary N) is 2. The van der Waals surface area contributed by atoms with Gasteiger partial charge in [-0.2, -0.15) is 0 Å². The highest BCUT2D eigenvalue weighted by Gasteiger charge is 2.38. The van der Waals surface area contributed by atoms with Crippen LogP contribution in [0.3, 0.4) is 0 Å². The highest BCUT2D eigenvalue weighted by atomic mass is 16.5. The molecule has 2 aliphatic heterocycles. The van der Waals surface area contributed by atoms with Gasteiger partial charge in [-0.3, -0.25) is 9.59 Å². The zero-order chi connectivity index (χ0) is 17.0. The summed E-state index contributed by atoms with van der Waals surface area (Å²) in [5.41, 5.74) is 5.91. The standard InChI is InChI=1S/C16H23N5O3/c17-11-16(3-7-24-8-4-16)15(23)20-12-1-2-13(19-9-12)21-6-5-18-14(22)10-21/h1-2,9H,3-8,10-11,17H2,(H,18,22)(H,20,23). The van der Waals surface area contributed by atoms with Gasteiger partial charge in [0.15, 0.2) is 0 Å². The van der Waals surface area contributed by atoms with E-state index in [2.05, 4.69) is 15.6 Å². The Bertz CT molecular complexity index is 598. The summed E-state index contributed by atoms with van der Waals surface area (Å²) in [4.78, 5) is 30.3. The lowest BCUT2D eigenvalue weighted by Gasteiger charge is -2.34. The second-order valence-corrected chi connectivity index (χ2v) is 6.23. The Labute approximate surface area is 140 Å². The second-order valence-electron chi connectivity index (χ2n) is 6.23. The van der Waals surface area contributed by atoms with Gasteiger partial charge < -0.3 is 26.0 Å². The summed E-state index contributed by atoms with van der Waals surface area (Å²) in [5.74, 6) is 0.632. The molecule has 2 amide bonds. The van der Waals surface area contributed by atoms with E-state index in [1.807, 2.05) is 11.0 Å². The fraction of sp³-hybridized carbons (Fsp3) is 0.562. The molecular weight excluding hydrogens is 310 g/mol. The summed E-state index contributed by atoms with van der Waals surface area (Å²) in [6.45, 7) is 3.05. The fourth-order valence-corrected chi connectivity index (χ4v) is 3.03. The number of carbonyl (C=O) groups excluding carboxylic acids is 2. The lowest BCUT2D eigenvalue weighted by atomic mass is 9.79. The monoisotopic (exact) mass is 333 g/mol. The van der Waals surface area contributed by atoms with Crippen molar-refractivity contribution in [2.75, 3.05) is 49.6 Å². The molecule has 2 aliphatic rings. The van der Waals surface area contributed by atoms with Gasteiger partial charge in [-0.05, 0) is 25.0 Å². The minimum absolute atomic E-state index is 0.00941. The van der Waals surface area contributed by atoms with Crippen LogP contribution in [-0.4, -0.2) is 56.2 Å². The molecule has 2 fully saturated rings. The van der Waals surface area contributed by atoms with E-state index in [4.69, 9.17) is 10.5 Å². The summed E-state index contributed by atoms with van der Waals surface area (Å²) in [6.07, 6.45) is 2.87. The van der Waals surface area contributed by atoms with Gasteiger partial charge in [-0.1, -0.05) is 0 Å². The number of nitrogens with zero attached hydrogens (tertiary/aromatic N) is 2. The number of anilines is 2. The zero-order valence-electron chi connectivity index (χ0n) is 13.6. The first-order valence-electron chi connectivity index (χ1n) is 8.20. The molecular formula is C16H23N5O3. The van der Waals surface area contributed by atoms with Crippen LogP contribution in [0.15, 0.2) is 18.3 Å². The summed E-state index contributed by atoms with van der Waals surface area (Å²) < 4.78 is 5.33. The Morgan fingerprint density at radius 3 is 2.83 bits per heavy atom. The number of hydrogen-bond donors (Lipinski definition) is 3. The maximum Gasteiger partial charge on any atom is 0.239 e. The van der Waals surface area contributed by atoms with Crippen LogP contribution in [0.2, 0.25) is 0 Å². The minimum atomic E-state index is -0.568.